The number of nitrogens with zero attached hydrogens (tertiary/aromatic N) is 3. The Morgan fingerprint density at radius 1 is 1.29 bits per heavy atom. The van der Waals surface area contributed by atoms with Crippen molar-refractivity contribution < 1.29 is 4.74 Å². The van der Waals surface area contributed by atoms with Gasteiger partial charge in [0.25, 0.3) is 0 Å². The summed E-state index contributed by atoms with van der Waals surface area (Å²) in [5.41, 5.74) is 1.15. The minimum absolute atomic E-state index is 0.265. The van der Waals surface area contributed by atoms with Gasteiger partial charge in [-0.1, -0.05) is 30.3 Å². The molecule has 0 aliphatic carbocycles. The van der Waals surface area contributed by atoms with Crippen LogP contribution in [0.2, 0.25) is 0 Å². The molecule has 1 aromatic heterocycles. The largest absolute Gasteiger partial charge is 0.489 e. The Morgan fingerprint density at radius 2 is 2.06 bits per heavy atom. The lowest BCUT2D eigenvalue weighted by Gasteiger charge is -2.05. The minimum atomic E-state index is 0.265. The third-order valence-electron chi connectivity index (χ3n) is 2.19. The second-order valence-electron chi connectivity index (χ2n) is 3.32. The van der Waals surface area contributed by atoms with Crippen LogP contribution in [0.3, 0.4) is 0 Å². The lowest BCUT2D eigenvalue weighted by atomic mass is 10.2. The van der Waals surface area contributed by atoms with Crippen LogP contribution in [0.1, 0.15) is 12.6 Å². The molecule has 0 amide bonds. The van der Waals surface area contributed by atoms with Crippen LogP contribution in [-0.2, 0) is 0 Å². The van der Waals surface area contributed by atoms with Gasteiger partial charge in [0.05, 0.1) is 12.8 Å². The van der Waals surface area contributed by atoms with Gasteiger partial charge in [-0.2, -0.15) is 5.26 Å². The molecule has 0 aliphatic rings. The smallest absolute Gasteiger partial charge is 0.186 e. The Bertz CT molecular complexity index is 546. The standard InChI is InChI=1S/C13H11N3O/c1-2-17-12-9-15-13(16-11(12)8-14)10-6-4-3-5-7-10/h3-7,9H,2H2,1H3. The average molecular weight is 225 g/mol. The topological polar surface area (TPSA) is 58.8 Å². The summed E-state index contributed by atoms with van der Waals surface area (Å²) in [5, 5.41) is 9.00. The lowest BCUT2D eigenvalue weighted by molar-refractivity contribution is 0.336. The van der Waals surface area contributed by atoms with E-state index in [0.717, 1.165) is 5.56 Å². The molecule has 2 rings (SSSR count). The fourth-order valence-electron chi connectivity index (χ4n) is 1.44. The van der Waals surface area contributed by atoms with Crippen LogP contribution in [0, 0.1) is 11.3 Å². The summed E-state index contributed by atoms with van der Waals surface area (Å²) >= 11 is 0. The van der Waals surface area contributed by atoms with Gasteiger partial charge in [0, 0.05) is 5.56 Å². The molecule has 1 heterocycles. The van der Waals surface area contributed by atoms with Crippen molar-refractivity contribution in [3.8, 4) is 23.2 Å². The predicted octanol–water partition coefficient (Wildman–Crippen LogP) is 2.41. The van der Waals surface area contributed by atoms with Crippen molar-refractivity contribution in [3.05, 3.63) is 42.2 Å². The molecule has 0 atom stereocenters. The van der Waals surface area contributed by atoms with Crippen LogP contribution in [0.25, 0.3) is 11.4 Å². The van der Waals surface area contributed by atoms with Crippen molar-refractivity contribution in [2.24, 2.45) is 0 Å². The zero-order valence-corrected chi connectivity index (χ0v) is 9.42. The summed E-state index contributed by atoms with van der Waals surface area (Å²) in [6.45, 7) is 2.34. The molecule has 17 heavy (non-hydrogen) atoms. The molecule has 4 nitrogen and oxygen atoms in total. The highest BCUT2D eigenvalue weighted by Gasteiger charge is 2.08. The van der Waals surface area contributed by atoms with Gasteiger partial charge in [0.15, 0.2) is 17.3 Å². The fraction of sp³-hybridized carbons (Fsp3) is 0.154. The SMILES string of the molecule is CCOc1cnc(-c2ccccc2)nc1C#N. The van der Waals surface area contributed by atoms with Gasteiger partial charge in [0.2, 0.25) is 0 Å². The maximum Gasteiger partial charge on any atom is 0.186 e. The van der Waals surface area contributed by atoms with Gasteiger partial charge in [-0.25, -0.2) is 9.97 Å². The Kier molecular flexibility index (Phi) is 3.31. The molecule has 2 aromatic rings. The molecule has 0 unspecified atom stereocenters. The molecular weight excluding hydrogens is 214 g/mol. The minimum Gasteiger partial charge on any atom is -0.489 e. The molecule has 0 bridgehead atoms. The van der Waals surface area contributed by atoms with E-state index in [1.54, 1.807) is 0 Å². The van der Waals surface area contributed by atoms with E-state index in [0.29, 0.717) is 18.2 Å². The van der Waals surface area contributed by atoms with Crippen molar-refractivity contribution >= 4 is 0 Å². The Labute approximate surface area is 99.5 Å². The second-order valence-corrected chi connectivity index (χ2v) is 3.32. The van der Waals surface area contributed by atoms with Crippen LogP contribution in [-0.4, -0.2) is 16.6 Å². The molecule has 84 valence electrons. The molecule has 1 aromatic carbocycles. The molecule has 0 N–H and O–H groups in total. The Hall–Kier alpha value is -2.41. The quantitative estimate of drug-likeness (QED) is 0.804. The molecule has 0 saturated carbocycles. The lowest BCUT2D eigenvalue weighted by Crippen LogP contribution is -1.99. The van der Waals surface area contributed by atoms with E-state index in [-0.39, 0.29) is 5.69 Å². The van der Waals surface area contributed by atoms with E-state index < -0.39 is 0 Å². The van der Waals surface area contributed by atoms with Gasteiger partial charge in [-0.15, -0.1) is 0 Å². The van der Waals surface area contributed by atoms with E-state index in [4.69, 9.17) is 10.00 Å². The first-order valence-electron chi connectivity index (χ1n) is 5.30. The van der Waals surface area contributed by atoms with Crippen LogP contribution < -0.4 is 4.74 Å². The van der Waals surface area contributed by atoms with Crippen LogP contribution in [0.15, 0.2) is 36.5 Å². The highest BCUT2D eigenvalue weighted by Crippen LogP contribution is 2.19. The maximum atomic E-state index is 9.00. The van der Waals surface area contributed by atoms with Gasteiger partial charge in [0.1, 0.15) is 6.07 Å². The van der Waals surface area contributed by atoms with Gasteiger partial charge >= 0.3 is 0 Å². The van der Waals surface area contributed by atoms with Gasteiger partial charge < -0.3 is 4.74 Å². The maximum absolute atomic E-state index is 9.00. The monoisotopic (exact) mass is 225 g/mol. The summed E-state index contributed by atoms with van der Waals surface area (Å²) in [4.78, 5) is 8.37. The third kappa shape index (κ3) is 2.40. The molecule has 0 fully saturated rings. The van der Waals surface area contributed by atoms with E-state index >= 15 is 0 Å². The number of aromatic nitrogens is 2. The first-order valence-corrected chi connectivity index (χ1v) is 5.30. The summed E-state index contributed by atoms with van der Waals surface area (Å²) in [7, 11) is 0. The second kappa shape index (κ2) is 5.08. The van der Waals surface area contributed by atoms with E-state index in [1.165, 1.54) is 6.20 Å². The Morgan fingerprint density at radius 3 is 2.71 bits per heavy atom. The van der Waals surface area contributed by atoms with Crippen molar-refractivity contribution in [3.63, 3.8) is 0 Å². The van der Waals surface area contributed by atoms with Crippen LogP contribution in [0.5, 0.6) is 5.75 Å². The molecule has 0 aliphatic heterocycles. The highest BCUT2D eigenvalue weighted by atomic mass is 16.5. The highest BCUT2D eigenvalue weighted by molar-refractivity contribution is 5.56. The summed E-state index contributed by atoms with van der Waals surface area (Å²) in [6, 6.07) is 11.5. The van der Waals surface area contributed by atoms with Crippen molar-refractivity contribution in [2.75, 3.05) is 6.61 Å². The molecular formula is C13H11N3O. The predicted molar refractivity (Wildman–Crippen MR) is 63.4 cm³/mol. The number of ether oxygens (including phenoxy) is 1. The number of rotatable bonds is 3. The first-order chi connectivity index (χ1) is 8.35. The summed E-state index contributed by atoms with van der Waals surface area (Å²) in [5.74, 6) is 0.959. The summed E-state index contributed by atoms with van der Waals surface area (Å²) < 4.78 is 5.27. The van der Waals surface area contributed by atoms with E-state index in [2.05, 4.69) is 9.97 Å². The van der Waals surface area contributed by atoms with Crippen molar-refractivity contribution in [1.29, 1.82) is 5.26 Å². The first kappa shape index (κ1) is 11.1. The van der Waals surface area contributed by atoms with Crippen molar-refractivity contribution in [1.82, 2.24) is 9.97 Å². The number of hydrogen-bond donors (Lipinski definition) is 0. The molecule has 0 spiro atoms. The van der Waals surface area contributed by atoms with Gasteiger partial charge in [-0.3, -0.25) is 0 Å². The van der Waals surface area contributed by atoms with Gasteiger partial charge in [-0.05, 0) is 6.92 Å². The normalized spacial score (nSPS) is 9.65. The molecule has 0 saturated heterocycles. The Balaban J connectivity index is 2.43. The van der Waals surface area contributed by atoms with Crippen LogP contribution >= 0.6 is 0 Å². The molecule has 4 heteroatoms. The zero-order valence-electron chi connectivity index (χ0n) is 9.42. The number of nitriles is 1. The van der Waals surface area contributed by atoms with E-state index in [9.17, 15) is 0 Å². The average Bonchev–Trinajstić information content (AvgIpc) is 2.40. The fourth-order valence-corrected chi connectivity index (χ4v) is 1.44. The molecule has 0 radical (unpaired) electrons. The summed E-state index contributed by atoms with van der Waals surface area (Å²) in [6.07, 6.45) is 1.54. The third-order valence-corrected chi connectivity index (χ3v) is 2.19. The van der Waals surface area contributed by atoms with E-state index in [1.807, 2.05) is 43.3 Å². The number of hydrogen-bond acceptors (Lipinski definition) is 4. The van der Waals surface area contributed by atoms with Crippen molar-refractivity contribution in [2.45, 2.75) is 6.92 Å². The zero-order chi connectivity index (χ0) is 12.1. The van der Waals surface area contributed by atoms with Crippen LogP contribution in [0.4, 0.5) is 0 Å². The number of benzene rings is 1.